The molecule has 0 saturated heterocycles. The maximum Gasteiger partial charge on any atom is 0.305 e. The number of likely N-dealkylation sites (N-methyl/N-ethyl adjacent to an activating group) is 3. The van der Waals surface area contributed by atoms with Gasteiger partial charge in [-0.2, -0.15) is 0 Å². The number of hydrogen-bond donors (Lipinski definition) is 3. The predicted octanol–water partition coefficient (Wildman–Crippen LogP) is 0.356. The van der Waals surface area contributed by atoms with Crippen LogP contribution in [-0.2, 0) is 0 Å². The topological polar surface area (TPSA) is 79.2 Å². The van der Waals surface area contributed by atoms with Gasteiger partial charge in [-0.15, -0.1) is 0 Å². The number of allylic oxidation sites excluding steroid dienone is 1. The summed E-state index contributed by atoms with van der Waals surface area (Å²) < 4.78 is 0. The normalized spacial score (nSPS) is 19.4. The second-order valence-electron chi connectivity index (χ2n) is 3.39. The highest BCUT2D eigenvalue weighted by atomic mass is 35.5. The van der Waals surface area contributed by atoms with Crippen LogP contribution in [-0.4, -0.2) is 31.7 Å². The molecule has 0 bridgehead atoms. The zero-order chi connectivity index (χ0) is 12.3. The zero-order valence-electron chi connectivity index (χ0n) is 9.43. The molecule has 0 radical (unpaired) electrons. The Morgan fingerprint density at radius 2 is 2.00 bits per heavy atom. The number of rotatable bonds is 4. The van der Waals surface area contributed by atoms with Gasteiger partial charge in [0.05, 0.1) is 9.96 Å². The molecule has 7 heteroatoms. The standard InChI is InChI=1S/C9H15ClN4O2/c1-11-7-6(10)4-5-9(12-2,13-3)8(7)14(15)16/h4,11-13H,5H2,1-3H3. The SMILES string of the molecule is CNC1=C([N+](=O)[O-])C(NC)(NC)CC=C1Cl. The number of nitrogens with one attached hydrogen (secondary N) is 3. The first-order valence-corrected chi connectivity index (χ1v) is 5.21. The van der Waals surface area contributed by atoms with Gasteiger partial charge in [-0.1, -0.05) is 17.7 Å². The summed E-state index contributed by atoms with van der Waals surface area (Å²) in [5.41, 5.74) is -0.547. The van der Waals surface area contributed by atoms with Crippen molar-refractivity contribution in [3.8, 4) is 0 Å². The molecule has 0 fully saturated rings. The summed E-state index contributed by atoms with van der Waals surface area (Å²) in [6, 6.07) is 0. The number of halogens is 1. The van der Waals surface area contributed by atoms with Crippen molar-refractivity contribution >= 4 is 11.6 Å². The molecule has 1 aliphatic rings. The van der Waals surface area contributed by atoms with E-state index in [1.807, 2.05) is 0 Å². The van der Waals surface area contributed by atoms with E-state index in [9.17, 15) is 10.1 Å². The highest BCUT2D eigenvalue weighted by molar-refractivity contribution is 6.32. The molecule has 6 nitrogen and oxygen atoms in total. The number of nitrogens with zero attached hydrogens (tertiary/aromatic N) is 1. The maximum atomic E-state index is 11.1. The van der Waals surface area contributed by atoms with Crippen molar-refractivity contribution in [2.45, 2.75) is 12.1 Å². The van der Waals surface area contributed by atoms with Crippen molar-refractivity contribution in [1.29, 1.82) is 0 Å². The summed E-state index contributed by atoms with van der Waals surface area (Å²) in [5.74, 6) is 0. The van der Waals surface area contributed by atoms with Gasteiger partial charge in [0.2, 0.25) is 0 Å². The molecule has 0 spiro atoms. The van der Waals surface area contributed by atoms with Crippen LogP contribution in [0.25, 0.3) is 0 Å². The molecule has 0 aromatic heterocycles. The van der Waals surface area contributed by atoms with E-state index in [0.29, 0.717) is 17.2 Å². The van der Waals surface area contributed by atoms with E-state index in [2.05, 4.69) is 16.0 Å². The van der Waals surface area contributed by atoms with Crippen LogP contribution in [0.1, 0.15) is 6.42 Å². The van der Waals surface area contributed by atoms with Crippen molar-refractivity contribution in [2.24, 2.45) is 0 Å². The third kappa shape index (κ3) is 1.91. The van der Waals surface area contributed by atoms with Crippen LogP contribution in [0.5, 0.6) is 0 Å². The lowest BCUT2D eigenvalue weighted by Gasteiger charge is -2.33. The average Bonchev–Trinajstić information content (AvgIpc) is 2.28. The average molecular weight is 247 g/mol. The van der Waals surface area contributed by atoms with Gasteiger partial charge in [-0.3, -0.25) is 20.7 Å². The van der Waals surface area contributed by atoms with Crippen LogP contribution in [0.2, 0.25) is 0 Å². The fourth-order valence-electron chi connectivity index (χ4n) is 1.82. The van der Waals surface area contributed by atoms with Crippen molar-refractivity contribution in [1.82, 2.24) is 16.0 Å². The van der Waals surface area contributed by atoms with Gasteiger partial charge in [-0.05, 0) is 14.1 Å². The first-order valence-electron chi connectivity index (χ1n) is 4.83. The minimum Gasteiger partial charge on any atom is -0.382 e. The van der Waals surface area contributed by atoms with E-state index < -0.39 is 10.6 Å². The molecule has 16 heavy (non-hydrogen) atoms. The summed E-state index contributed by atoms with van der Waals surface area (Å²) in [6.07, 6.45) is 2.16. The molecular formula is C9H15ClN4O2. The Hall–Kier alpha value is -1.11. The summed E-state index contributed by atoms with van der Waals surface area (Å²) in [5, 5.41) is 20.1. The number of nitro groups is 1. The summed E-state index contributed by atoms with van der Waals surface area (Å²) in [7, 11) is 4.94. The van der Waals surface area contributed by atoms with Crippen LogP contribution >= 0.6 is 11.6 Å². The third-order valence-electron chi connectivity index (χ3n) is 2.75. The van der Waals surface area contributed by atoms with Crippen LogP contribution in [0.3, 0.4) is 0 Å². The Kier molecular flexibility index (Phi) is 3.90. The van der Waals surface area contributed by atoms with E-state index in [1.165, 1.54) is 0 Å². The first-order chi connectivity index (χ1) is 7.52. The molecule has 1 aliphatic carbocycles. The van der Waals surface area contributed by atoms with Crippen molar-refractivity contribution < 1.29 is 4.92 Å². The largest absolute Gasteiger partial charge is 0.382 e. The summed E-state index contributed by atoms with van der Waals surface area (Å²) in [4.78, 5) is 10.7. The Morgan fingerprint density at radius 3 is 2.38 bits per heavy atom. The minimum absolute atomic E-state index is 0.00694. The first kappa shape index (κ1) is 13.0. The second kappa shape index (κ2) is 4.82. The molecule has 0 saturated carbocycles. The predicted molar refractivity (Wildman–Crippen MR) is 62.5 cm³/mol. The van der Waals surface area contributed by atoms with E-state index >= 15 is 0 Å². The molecular weight excluding hydrogens is 232 g/mol. The van der Waals surface area contributed by atoms with E-state index in [4.69, 9.17) is 11.6 Å². The lowest BCUT2D eigenvalue weighted by molar-refractivity contribution is -0.439. The van der Waals surface area contributed by atoms with Gasteiger partial charge >= 0.3 is 5.70 Å². The lowest BCUT2D eigenvalue weighted by Crippen LogP contribution is -2.58. The zero-order valence-corrected chi connectivity index (χ0v) is 10.2. The van der Waals surface area contributed by atoms with E-state index in [0.717, 1.165) is 0 Å². The van der Waals surface area contributed by atoms with Crippen LogP contribution in [0.15, 0.2) is 22.5 Å². The van der Waals surface area contributed by atoms with Gasteiger partial charge in [0.25, 0.3) is 0 Å². The molecule has 90 valence electrons. The van der Waals surface area contributed by atoms with Crippen molar-refractivity contribution in [3.05, 3.63) is 32.6 Å². The molecule has 0 heterocycles. The van der Waals surface area contributed by atoms with Crippen molar-refractivity contribution in [3.63, 3.8) is 0 Å². The summed E-state index contributed by atoms with van der Waals surface area (Å²) >= 11 is 5.94. The molecule has 0 aliphatic heterocycles. The van der Waals surface area contributed by atoms with E-state index in [-0.39, 0.29) is 5.70 Å². The Labute approximate surface area is 98.9 Å². The van der Waals surface area contributed by atoms with Gasteiger partial charge in [0.15, 0.2) is 5.66 Å². The molecule has 0 amide bonds. The molecule has 0 aromatic rings. The quantitative estimate of drug-likeness (QED) is 0.379. The monoisotopic (exact) mass is 246 g/mol. The van der Waals surface area contributed by atoms with Gasteiger partial charge < -0.3 is 5.32 Å². The highest BCUT2D eigenvalue weighted by Gasteiger charge is 2.45. The third-order valence-corrected chi connectivity index (χ3v) is 3.10. The fraction of sp³-hybridized carbons (Fsp3) is 0.556. The van der Waals surface area contributed by atoms with E-state index in [1.54, 1.807) is 27.2 Å². The molecule has 3 N–H and O–H groups in total. The molecule has 0 unspecified atom stereocenters. The Balaban J connectivity index is 3.38. The maximum absolute atomic E-state index is 11.1. The van der Waals surface area contributed by atoms with Crippen LogP contribution < -0.4 is 16.0 Å². The number of hydrogen-bond acceptors (Lipinski definition) is 5. The van der Waals surface area contributed by atoms with Gasteiger partial charge in [-0.25, -0.2) is 0 Å². The molecule has 1 rings (SSSR count). The van der Waals surface area contributed by atoms with Gasteiger partial charge in [0.1, 0.15) is 5.70 Å². The Bertz CT molecular complexity index is 361. The molecule has 0 aromatic carbocycles. The minimum atomic E-state index is -0.889. The summed E-state index contributed by atoms with van der Waals surface area (Å²) in [6.45, 7) is 0. The van der Waals surface area contributed by atoms with Crippen molar-refractivity contribution in [2.75, 3.05) is 21.1 Å². The molecule has 0 atom stereocenters. The Morgan fingerprint density at radius 1 is 1.44 bits per heavy atom. The smallest absolute Gasteiger partial charge is 0.305 e. The highest BCUT2D eigenvalue weighted by Crippen LogP contribution is 2.31. The second-order valence-corrected chi connectivity index (χ2v) is 3.80. The fourth-order valence-corrected chi connectivity index (χ4v) is 2.08. The van der Waals surface area contributed by atoms with Gasteiger partial charge in [0, 0.05) is 13.5 Å². The van der Waals surface area contributed by atoms with Crippen LogP contribution in [0.4, 0.5) is 0 Å². The lowest BCUT2D eigenvalue weighted by atomic mass is 9.95. The van der Waals surface area contributed by atoms with Crippen LogP contribution in [0, 0.1) is 10.1 Å².